The van der Waals surface area contributed by atoms with E-state index in [0.29, 0.717) is 12.8 Å². The number of unbranched alkanes of at least 4 members (excludes halogenated alkanes) is 13. The third-order valence-corrected chi connectivity index (χ3v) is 9.58. The molecule has 0 amide bonds. The standard InChI is InChI=1S/C49H83NO7/c1-6-8-10-12-14-16-18-20-21-22-23-24-25-26-28-29-31-33-35-37-39-47(51)56-44-45(43-55-42-41-46(49(53)54)50(3,4)5)57-48(52)40-38-36-34-32-30-27-19-17-15-13-11-9-7-2/h8,10,14,16,20-21,23-24,26-28,30,45-46H,6-7,9,11-13,15,17-19,22,25,29,31-44H2,1-5H3/b10-8+,16-14+,21-20+,24-23+,28-26+,30-27+. The fraction of sp³-hybridized carbons (Fsp3) is 0.694. The Labute approximate surface area is 349 Å². The summed E-state index contributed by atoms with van der Waals surface area (Å²) < 4.78 is 17.1. The molecule has 0 bridgehead atoms. The maximum absolute atomic E-state index is 12.7. The van der Waals surface area contributed by atoms with Gasteiger partial charge in [0.1, 0.15) is 12.6 Å². The maximum atomic E-state index is 12.7. The maximum Gasteiger partial charge on any atom is 0.306 e. The molecule has 2 unspecified atom stereocenters. The van der Waals surface area contributed by atoms with E-state index in [2.05, 4.69) is 86.8 Å². The van der Waals surface area contributed by atoms with Crippen molar-refractivity contribution in [3.8, 4) is 0 Å². The monoisotopic (exact) mass is 798 g/mol. The van der Waals surface area contributed by atoms with Crippen molar-refractivity contribution in [1.82, 2.24) is 0 Å². The van der Waals surface area contributed by atoms with Gasteiger partial charge in [-0.05, 0) is 83.5 Å². The Morgan fingerprint density at radius 3 is 1.49 bits per heavy atom. The van der Waals surface area contributed by atoms with E-state index in [0.717, 1.165) is 96.3 Å². The summed E-state index contributed by atoms with van der Waals surface area (Å²) in [5.41, 5.74) is 0. The van der Waals surface area contributed by atoms with Gasteiger partial charge in [0.25, 0.3) is 0 Å². The summed E-state index contributed by atoms with van der Waals surface area (Å²) in [6, 6.07) is -0.735. The minimum absolute atomic E-state index is 0.0229. The molecule has 0 radical (unpaired) electrons. The van der Waals surface area contributed by atoms with Crippen molar-refractivity contribution in [2.45, 2.75) is 180 Å². The summed E-state index contributed by atoms with van der Waals surface area (Å²) in [6.45, 7) is 4.48. The van der Waals surface area contributed by atoms with Crippen molar-refractivity contribution in [2.24, 2.45) is 0 Å². The zero-order valence-electron chi connectivity index (χ0n) is 37.0. The molecule has 0 saturated carbocycles. The molecule has 57 heavy (non-hydrogen) atoms. The van der Waals surface area contributed by atoms with E-state index in [-0.39, 0.29) is 42.7 Å². The topological polar surface area (TPSA) is 102 Å². The molecule has 0 aromatic heterocycles. The van der Waals surface area contributed by atoms with Gasteiger partial charge in [-0.25, -0.2) is 0 Å². The third kappa shape index (κ3) is 38.1. The molecule has 8 nitrogen and oxygen atoms in total. The highest BCUT2D eigenvalue weighted by Crippen LogP contribution is 2.12. The summed E-state index contributed by atoms with van der Waals surface area (Å²) in [5, 5.41) is 11.6. The number of carboxylic acid groups (broad SMARTS) is 1. The summed E-state index contributed by atoms with van der Waals surface area (Å²) in [7, 11) is 5.39. The van der Waals surface area contributed by atoms with E-state index >= 15 is 0 Å². The first-order chi connectivity index (χ1) is 27.6. The number of esters is 2. The number of carboxylic acids is 1. The number of likely N-dealkylation sites (N-methyl/N-ethyl adjacent to an activating group) is 1. The number of ether oxygens (including phenoxy) is 3. The van der Waals surface area contributed by atoms with Crippen LogP contribution in [0, 0.1) is 0 Å². The SMILES string of the molecule is CC/C=C/C/C=C/C/C=C/C/C=C/C/C=C/CCCCCCC(=O)OCC(COCCC(C(=O)[O-])[N+](C)(C)C)OC(=O)CCCCC/C=C/CCCCCCCC. The van der Waals surface area contributed by atoms with Crippen LogP contribution in [0.5, 0.6) is 0 Å². The van der Waals surface area contributed by atoms with Crippen LogP contribution in [0.25, 0.3) is 0 Å². The molecule has 0 heterocycles. The van der Waals surface area contributed by atoms with Gasteiger partial charge in [-0.1, -0.05) is 138 Å². The zero-order valence-corrected chi connectivity index (χ0v) is 37.0. The summed E-state index contributed by atoms with van der Waals surface area (Å²) >= 11 is 0. The quantitative estimate of drug-likeness (QED) is 0.0264. The molecule has 8 heteroatoms. The first-order valence-electron chi connectivity index (χ1n) is 22.5. The van der Waals surface area contributed by atoms with Gasteiger partial charge in [0.15, 0.2) is 6.10 Å². The molecule has 0 spiro atoms. The molecule has 0 fully saturated rings. The molecule has 0 aliphatic carbocycles. The molecule has 0 aliphatic rings. The van der Waals surface area contributed by atoms with Gasteiger partial charge < -0.3 is 28.6 Å². The van der Waals surface area contributed by atoms with Crippen LogP contribution in [0.3, 0.4) is 0 Å². The van der Waals surface area contributed by atoms with Gasteiger partial charge >= 0.3 is 11.9 Å². The van der Waals surface area contributed by atoms with Crippen LogP contribution >= 0.6 is 0 Å². The molecule has 326 valence electrons. The zero-order chi connectivity index (χ0) is 42.1. The molecular weight excluding hydrogens is 715 g/mol. The normalized spacial score (nSPS) is 13.6. The highest BCUT2D eigenvalue weighted by Gasteiger charge is 2.25. The Kier molecular flexibility index (Phi) is 37.3. The second-order valence-corrected chi connectivity index (χ2v) is 15.9. The van der Waals surface area contributed by atoms with E-state index in [9.17, 15) is 19.5 Å². The van der Waals surface area contributed by atoms with Crippen LogP contribution in [0.2, 0.25) is 0 Å². The molecule has 0 saturated heterocycles. The number of nitrogens with zero attached hydrogens (tertiary/aromatic N) is 1. The van der Waals surface area contributed by atoms with Crippen molar-refractivity contribution in [2.75, 3.05) is 41.0 Å². The number of hydrogen-bond acceptors (Lipinski definition) is 7. The lowest BCUT2D eigenvalue weighted by molar-refractivity contribution is -0.889. The van der Waals surface area contributed by atoms with E-state index in [1.807, 2.05) is 0 Å². The Bertz CT molecular complexity index is 1160. The van der Waals surface area contributed by atoms with Gasteiger partial charge in [-0.2, -0.15) is 0 Å². The Balaban J connectivity index is 4.40. The minimum Gasteiger partial charge on any atom is -0.544 e. The number of carbonyl (C=O) groups excluding carboxylic acids is 3. The predicted octanol–water partition coefficient (Wildman–Crippen LogP) is 11.0. The highest BCUT2D eigenvalue weighted by atomic mass is 16.6. The minimum atomic E-state index is -1.13. The molecule has 0 N–H and O–H groups in total. The molecule has 0 aliphatic heterocycles. The lowest BCUT2D eigenvalue weighted by Crippen LogP contribution is -2.55. The molecular formula is C49H83NO7. The summed E-state index contributed by atoms with van der Waals surface area (Å²) in [6.07, 6.45) is 49.2. The van der Waals surface area contributed by atoms with Gasteiger partial charge in [0.05, 0.1) is 40.3 Å². The number of aliphatic carboxylic acids is 1. The van der Waals surface area contributed by atoms with E-state index in [1.54, 1.807) is 21.1 Å². The smallest absolute Gasteiger partial charge is 0.306 e. The first-order valence-corrected chi connectivity index (χ1v) is 22.5. The van der Waals surface area contributed by atoms with Crippen LogP contribution in [0.15, 0.2) is 72.9 Å². The second-order valence-electron chi connectivity index (χ2n) is 15.9. The Hall–Kier alpha value is -3.23. The summed E-state index contributed by atoms with van der Waals surface area (Å²) in [4.78, 5) is 36.8. The number of rotatable bonds is 39. The van der Waals surface area contributed by atoms with Gasteiger partial charge in [0, 0.05) is 19.3 Å². The van der Waals surface area contributed by atoms with Crippen LogP contribution in [-0.2, 0) is 28.6 Å². The molecule has 0 rings (SSSR count). The van der Waals surface area contributed by atoms with Crippen molar-refractivity contribution in [3.63, 3.8) is 0 Å². The van der Waals surface area contributed by atoms with E-state index in [1.165, 1.54) is 38.5 Å². The number of quaternary nitrogens is 1. The fourth-order valence-corrected chi connectivity index (χ4v) is 6.09. The van der Waals surface area contributed by atoms with Crippen LogP contribution in [0.4, 0.5) is 0 Å². The molecule has 2 atom stereocenters. The fourth-order valence-electron chi connectivity index (χ4n) is 6.09. The van der Waals surface area contributed by atoms with Gasteiger partial charge in [-0.3, -0.25) is 9.59 Å². The average molecular weight is 798 g/mol. The lowest BCUT2D eigenvalue weighted by atomic mass is 10.1. The third-order valence-electron chi connectivity index (χ3n) is 9.58. The van der Waals surface area contributed by atoms with Crippen molar-refractivity contribution in [3.05, 3.63) is 72.9 Å². The van der Waals surface area contributed by atoms with E-state index < -0.39 is 18.1 Å². The van der Waals surface area contributed by atoms with Gasteiger partial charge in [0.2, 0.25) is 0 Å². The largest absolute Gasteiger partial charge is 0.544 e. The average Bonchev–Trinajstić information content (AvgIpc) is 3.17. The predicted molar refractivity (Wildman–Crippen MR) is 235 cm³/mol. The molecule has 0 aromatic rings. The Morgan fingerprint density at radius 2 is 0.982 bits per heavy atom. The number of allylic oxidation sites excluding steroid dienone is 12. The van der Waals surface area contributed by atoms with Crippen LogP contribution < -0.4 is 5.11 Å². The van der Waals surface area contributed by atoms with Crippen LogP contribution in [0.1, 0.15) is 168 Å². The second kappa shape index (κ2) is 39.6. The van der Waals surface area contributed by atoms with Crippen LogP contribution in [-0.4, -0.2) is 75.5 Å². The van der Waals surface area contributed by atoms with E-state index in [4.69, 9.17) is 14.2 Å². The number of carbonyl (C=O) groups is 3. The van der Waals surface area contributed by atoms with Gasteiger partial charge in [-0.15, -0.1) is 0 Å². The highest BCUT2D eigenvalue weighted by molar-refractivity contribution is 5.70. The number of hydrogen-bond donors (Lipinski definition) is 0. The van der Waals surface area contributed by atoms with Crippen molar-refractivity contribution < 1.29 is 38.2 Å². The summed E-state index contributed by atoms with van der Waals surface area (Å²) in [5.74, 6) is -1.80. The Morgan fingerprint density at radius 1 is 0.544 bits per heavy atom. The van der Waals surface area contributed by atoms with Crippen molar-refractivity contribution in [1.29, 1.82) is 0 Å². The van der Waals surface area contributed by atoms with Crippen molar-refractivity contribution >= 4 is 17.9 Å². The first kappa shape index (κ1) is 53.8. The molecule has 0 aromatic carbocycles. The lowest BCUT2D eigenvalue weighted by Gasteiger charge is -2.34.